The molecule has 0 N–H and O–H groups in total. The lowest BCUT2D eigenvalue weighted by Crippen LogP contribution is -2.34. The van der Waals surface area contributed by atoms with E-state index in [1.54, 1.807) is 7.11 Å². The van der Waals surface area contributed by atoms with Crippen LogP contribution in [0.3, 0.4) is 0 Å². The number of rotatable bonds is 8. The molecule has 0 saturated heterocycles. The summed E-state index contributed by atoms with van der Waals surface area (Å²) in [6.07, 6.45) is 3.19. The molecule has 0 saturated carbocycles. The van der Waals surface area contributed by atoms with Crippen molar-refractivity contribution in [1.29, 1.82) is 0 Å². The molecule has 0 atom stereocenters. The second-order valence-electron chi connectivity index (χ2n) is 13.3. The Labute approximate surface area is 308 Å². The van der Waals surface area contributed by atoms with Crippen LogP contribution in [-0.2, 0) is 6.54 Å². The minimum Gasteiger partial charge on any atom is -0.490 e. The highest BCUT2D eigenvalue weighted by Gasteiger charge is 2.22. The van der Waals surface area contributed by atoms with E-state index in [2.05, 4.69) is 115 Å². The van der Waals surface area contributed by atoms with Crippen molar-refractivity contribution in [3.63, 3.8) is 0 Å². The van der Waals surface area contributed by atoms with Crippen LogP contribution >= 0.6 is 0 Å². The molecule has 5 heteroatoms. The highest BCUT2D eigenvalue weighted by molar-refractivity contribution is 6.15. The average molecular weight is 686 g/mol. The molecule has 9 aromatic rings. The van der Waals surface area contributed by atoms with Crippen LogP contribution in [0.1, 0.15) is 13.3 Å². The molecule has 2 heterocycles. The average Bonchev–Trinajstić information content (AvgIpc) is 3.23. The molecule has 0 spiro atoms. The molecule has 0 radical (unpaired) electrons. The van der Waals surface area contributed by atoms with Crippen molar-refractivity contribution >= 4 is 32.4 Å². The molecule has 2 aromatic heterocycles. The van der Waals surface area contributed by atoms with Gasteiger partial charge in [0.05, 0.1) is 12.5 Å². The van der Waals surface area contributed by atoms with E-state index in [9.17, 15) is 0 Å². The van der Waals surface area contributed by atoms with Crippen molar-refractivity contribution in [3.8, 4) is 62.2 Å². The molecule has 5 nitrogen and oxygen atoms in total. The van der Waals surface area contributed by atoms with Gasteiger partial charge < -0.3 is 4.74 Å². The molecule has 0 aliphatic rings. The highest BCUT2D eigenvalue weighted by Crippen LogP contribution is 2.44. The fraction of sp³-hybridized carbons (Fsp3) is 0.0833. The van der Waals surface area contributed by atoms with Crippen molar-refractivity contribution in [3.05, 3.63) is 164 Å². The summed E-state index contributed by atoms with van der Waals surface area (Å²) in [6.45, 7) is 3.13. The van der Waals surface area contributed by atoms with Gasteiger partial charge in [0, 0.05) is 40.3 Å². The zero-order valence-corrected chi connectivity index (χ0v) is 29.7. The van der Waals surface area contributed by atoms with Crippen LogP contribution < -0.4 is 9.30 Å². The molecule has 0 aliphatic carbocycles. The van der Waals surface area contributed by atoms with Gasteiger partial charge in [-0.15, -0.1) is 0 Å². The molecule has 9 rings (SSSR count). The Hall–Kier alpha value is -6.72. The molecule has 53 heavy (non-hydrogen) atoms. The second-order valence-corrected chi connectivity index (χ2v) is 13.3. The van der Waals surface area contributed by atoms with Crippen LogP contribution in [-0.4, -0.2) is 22.1 Å². The fourth-order valence-corrected chi connectivity index (χ4v) is 7.45. The highest BCUT2D eigenvalue weighted by atomic mass is 16.5. The first-order valence-corrected chi connectivity index (χ1v) is 18.1. The van der Waals surface area contributed by atoms with E-state index in [0.29, 0.717) is 17.5 Å². The first-order chi connectivity index (χ1) is 26.2. The van der Waals surface area contributed by atoms with E-state index < -0.39 is 0 Å². The van der Waals surface area contributed by atoms with E-state index in [1.807, 2.05) is 60.7 Å². The topological polar surface area (TPSA) is 51.8 Å². The number of nitrogens with zero attached hydrogens (tertiary/aromatic N) is 4. The minimum atomic E-state index is 0.639. The number of methoxy groups -OCH3 is 1. The number of pyridine rings is 1. The summed E-state index contributed by atoms with van der Waals surface area (Å²) in [5.41, 5.74) is 8.46. The maximum absolute atomic E-state index is 6.30. The van der Waals surface area contributed by atoms with Gasteiger partial charge in [0.2, 0.25) is 0 Å². The number of benzene rings is 7. The summed E-state index contributed by atoms with van der Waals surface area (Å²) < 4.78 is 8.62. The van der Waals surface area contributed by atoms with Crippen molar-refractivity contribution in [2.75, 3.05) is 7.11 Å². The Morgan fingerprint density at radius 3 is 1.70 bits per heavy atom. The lowest BCUT2D eigenvalue weighted by Gasteiger charge is -2.17. The Bertz CT molecular complexity index is 2710. The first kappa shape index (κ1) is 32.2. The van der Waals surface area contributed by atoms with Crippen molar-refractivity contribution < 1.29 is 9.30 Å². The van der Waals surface area contributed by atoms with Crippen LogP contribution in [0.4, 0.5) is 0 Å². The molecular weight excluding hydrogens is 649 g/mol. The van der Waals surface area contributed by atoms with Gasteiger partial charge in [-0.05, 0) is 63.0 Å². The molecule has 0 unspecified atom stereocenters. The van der Waals surface area contributed by atoms with Gasteiger partial charge in [0.25, 0.3) is 5.52 Å². The summed E-state index contributed by atoms with van der Waals surface area (Å²) in [5.74, 6) is 2.83. The van der Waals surface area contributed by atoms with Gasteiger partial charge in [0.1, 0.15) is 6.54 Å². The zero-order valence-electron chi connectivity index (χ0n) is 29.7. The van der Waals surface area contributed by atoms with Gasteiger partial charge in [-0.2, -0.15) is 4.57 Å². The van der Waals surface area contributed by atoms with Crippen LogP contribution in [0.2, 0.25) is 0 Å². The zero-order chi connectivity index (χ0) is 35.7. The van der Waals surface area contributed by atoms with E-state index >= 15 is 0 Å². The third-order valence-electron chi connectivity index (χ3n) is 9.97. The fourth-order valence-electron chi connectivity index (χ4n) is 7.45. The third kappa shape index (κ3) is 5.96. The lowest BCUT2D eigenvalue weighted by molar-refractivity contribution is -0.671. The standard InChI is InChI=1S/C48H37N4O/c1-3-28-52-29-12-18-33-26-27-41(45(53-2)44(33)52)43-40-19-11-10-17-38(40)30-39-25-24-37(31-42(39)43)32-20-22-36(23-21-32)48-50-46(34-13-6-4-7-14-34)49-47(51-48)35-15-8-5-9-16-35/h4-27,29-31H,3,28H2,1-2H3/q+1. The summed E-state index contributed by atoms with van der Waals surface area (Å²) in [7, 11) is 1.79. The Morgan fingerprint density at radius 2 is 1.04 bits per heavy atom. The molecular formula is C48H37N4O+. The van der Waals surface area contributed by atoms with Gasteiger partial charge in [-0.25, -0.2) is 15.0 Å². The molecule has 254 valence electrons. The summed E-state index contributed by atoms with van der Waals surface area (Å²) in [5, 5.41) is 5.92. The third-order valence-corrected chi connectivity index (χ3v) is 9.97. The van der Waals surface area contributed by atoms with Gasteiger partial charge in [0.15, 0.2) is 29.4 Å². The van der Waals surface area contributed by atoms with Crippen molar-refractivity contribution in [2.45, 2.75) is 19.9 Å². The number of aryl methyl sites for hydroxylation is 1. The van der Waals surface area contributed by atoms with Crippen LogP contribution in [0.15, 0.2) is 164 Å². The number of hydrogen-bond donors (Lipinski definition) is 0. The molecule has 7 aromatic carbocycles. The summed E-state index contributed by atoms with van der Waals surface area (Å²) >= 11 is 0. The minimum absolute atomic E-state index is 0.639. The van der Waals surface area contributed by atoms with Crippen molar-refractivity contribution in [2.24, 2.45) is 0 Å². The van der Waals surface area contributed by atoms with E-state index in [4.69, 9.17) is 19.7 Å². The molecule has 0 fully saturated rings. The monoisotopic (exact) mass is 685 g/mol. The Morgan fingerprint density at radius 1 is 0.491 bits per heavy atom. The molecule has 0 amide bonds. The largest absolute Gasteiger partial charge is 0.490 e. The predicted molar refractivity (Wildman–Crippen MR) is 217 cm³/mol. The van der Waals surface area contributed by atoms with Crippen LogP contribution in [0.25, 0.3) is 88.9 Å². The van der Waals surface area contributed by atoms with Crippen molar-refractivity contribution in [1.82, 2.24) is 15.0 Å². The number of fused-ring (bicyclic) bond motifs is 3. The normalized spacial score (nSPS) is 11.4. The number of aromatic nitrogens is 4. The quantitative estimate of drug-likeness (QED) is 0.118. The van der Waals surface area contributed by atoms with E-state index in [-0.39, 0.29) is 0 Å². The maximum atomic E-state index is 6.30. The smallest absolute Gasteiger partial charge is 0.255 e. The summed E-state index contributed by atoms with van der Waals surface area (Å²) in [6, 6.07) is 55.2. The second kappa shape index (κ2) is 13.8. The molecule has 0 aliphatic heterocycles. The van der Waals surface area contributed by atoms with Crippen LogP contribution in [0.5, 0.6) is 5.75 Å². The lowest BCUT2D eigenvalue weighted by atomic mass is 9.89. The Kier molecular flexibility index (Phi) is 8.37. The summed E-state index contributed by atoms with van der Waals surface area (Å²) in [4.78, 5) is 14.7. The van der Waals surface area contributed by atoms with Gasteiger partial charge in [-0.1, -0.05) is 128 Å². The predicted octanol–water partition coefficient (Wildman–Crippen LogP) is 11.4. The van der Waals surface area contributed by atoms with Gasteiger partial charge >= 0.3 is 0 Å². The van der Waals surface area contributed by atoms with E-state index in [1.165, 1.54) is 27.1 Å². The van der Waals surface area contributed by atoms with E-state index in [0.717, 1.165) is 63.0 Å². The number of hydrogen-bond acceptors (Lipinski definition) is 4. The van der Waals surface area contributed by atoms with Crippen LogP contribution in [0, 0.1) is 0 Å². The SMILES string of the molecule is CCC[n+]1cccc2ccc(-c3c4ccccc4cc4ccc(-c5ccc(-c6nc(-c7ccccc7)nc(-c7ccccc7)n6)cc5)cc34)c(OC)c21. The Balaban J connectivity index is 1.18. The van der Waals surface area contributed by atoms with Gasteiger partial charge in [-0.3, -0.25) is 0 Å². The molecule has 0 bridgehead atoms. The maximum Gasteiger partial charge on any atom is 0.255 e. The number of ether oxygens (including phenoxy) is 1. The first-order valence-electron chi connectivity index (χ1n) is 18.1.